The largest absolute Gasteiger partial charge is 0.444 e. The Labute approximate surface area is 144 Å². The topological polar surface area (TPSA) is 76.9 Å². The second-order valence-corrected chi connectivity index (χ2v) is 7.84. The number of nitrogens with one attached hydrogen (secondary N) is 1. The van der Waals surface area contributed by atoms with Crippen molar-refractivity contribution in [1.29, 1.82) is 0 Å². The molecule has 1 aliphatic heterocycles. The first-order valence-electron chi connectivity index (χ1n) is 8.61. The van der Waals surface area contributed by atoms with Gasteiger partial charge in [-0.2, -0.15) is 0 Å². The first kappa shape index (κ1) is 18.7. The number of hydrogen-bond donors (Lipinski definition) is 2. The Morgan fingerprint density at radius 3 is 2.62 bits per heavy atom. The van der Waals surface area contributed by atoms with E-state index in [1.807, 2.05) is 26.8 Å². The van der Waals surface area contributed by atoms with E-state index in [1.54, 1.807) is 0 Å². The molecule has 0 spiro atoms. The van der Waals surface area contributed by atoms with E-state index in [0.29, 0.717) is 18.9 Å². The van der Waals surface area contributed by atoms with Gasteiger partial charge < -0.3 is 20.5 Å². The molecule has 1 unspecified atom stereocenters. The number of carbonyl (C=O) groups is 1. The van der Waals surface area contributed by atoms with Crippen molar-refractivity contribution in [2.45, 2.75) is 64.8 Å². The average Bonchev–Trinajstić information content (AvgIpc) is 3.28. The number of rotatable bonds is 6. The molecule has 24 heavy (non-hydrogen) atoms. The number of amides is 1. The summed E-state index contributed by atoms with van der Waals surface area (Å²) in [6.45, 7) is 10.5. The molecule has 134 valence electrons. The van der Waals surface area contributed by atoms with Crippen molar-refractivity contribution >= 4 is 6.09 Å². The molecule has 1 heterocycles. The number of ether oxygens (including phenoxy) is 2. The van der Waals surface area contributed by atoms with E-state index < -0.39 is 11.7 Å². The fraction of sp³-hybridized carbons (Fsp3) is 0.632. The summed E-state index contributed by atoms with van der Waals surface area (Å²) >= 11 is 0. The van der Waals surface area contributed by atoms with E-state index in [2.05, 4.69) is 37.4 Å². The highest BCUT2D eigenvalue weighted by atomic mass is 16.6. The van der Waals surface area contributed by atoms with Crippen LogP contribution in [0.15, 0.2) is 24.3 Å². The van der Waals surface area contributed by atoms with Gasteiger partial charge in [-0.15, -0.1) is 0 Å². The SMILES string of the molecule is CC(C)C(N)c1cccc(C[C@@H](NC(=O)OC(C)(C)C)[C@H]2CO2)c1. The summed E-state index contributed by atoms with van der Waals surface area (Å²) in [4.78, 5) is 12.0. The zero-order valence-corrected chi connectivity index (χ0v) is 15.3. The van der Waals surface area contributed by atoms with Gasteiger partial charge in [0.2, 0.25) is 0 Å². The van der Waals surface area contributed by atoms with Crippen molar-refractivity contribution in [2.24, 2.45) is 11.7 Å². The third-order valence-corrected chi connectivity index (χ3v) is 4.02. The molecular weight excluding hydrogens is 304 g/mol. The zero-order chi connectivity index (χ0) is 17.9. The highest BCUT2D eigenvalue weighted by Crippen LogP contribution is 2.23. The van der Waals surface area contributed by atoms with Crippen molar-refractivity contribution in [2.75, 3.05) is 6.61 Å². The molecule has 3 N–H and O–H groups in total. The molecule has 1 aromatic rings. The molecule has 0 bridgehead atoms. The minimum atomic E-state index is -0.511. The van der Waals surface area contributed by atoms with E-state index in [4.69, 9.17) is 15.2 Å². The molecule has 1 saturated heterocycles. The highest BCUT2D eigenvalue weighted by molar-refractivity contribution is 5.68. The van der Waals surface area contributed by atoms with Gasteiger partial charge in [0.15, 0.2) is 0 Å². The minimum absolute atomic E-state index is 0.0133. The predicted molar refractivity (Wildman–Crippen MR) is 94.8 cm³/mol. The number of nitrogens with two attached hydrogens (primary N) is 1. The maximum atomic E-state index is 12.0. The summed E-state index contributed by atoms with van der Waals surface area (Å²) in [5, 5.41) is 2.94. The van der Waals surface area contributed by atoms with Crippen molar-refractivity contribution in [3.8, 4) is 0 Å². The minimum Gasteiger partial charge on any atom is -0.444 e. The Morgan fingerprint density at radius 2 is 2.08 bits per heavy atom. The normalized spacial score (nSPS) is 19.7. The third kappa shape index (κ3) is 5.80. The summed E-state index contributed by atoms with van der Waals surface area (Å²) in [6, 6.07) is 8.17. The van der Waals surface area contributed by atoms with E-state index in [-0.39, 0.29) is 18.2 Å². The van der Waals surface area contributed by atoms with Crippen LogP contribution in [0.4, 0.5) is 4.79 Å². The van der Waals surface area contributed by atoms with Crippen molar-refractivity contribution < 1.29 is 14.3 Å². The van der Waals surface area contributed by atoms with Gasteiger partial charge in [-0.25, -0.2) is 4.79 Å². The molecular formula is C19H30N2O3. The fourth-order valence-corrected chi connectivity index (χ4v) is 2.59. The van der Waals surface area contributed by atoms with Crippen LogP contribution in [0.5, 0.6) is 0 Å². The summed E-state index contributed by atoms with van der Waals surface area (Å²) in [6.07, 6.45) is 0.348. The highest BCUT2D eigenvalue weighted by Gasteiger charge is 2.35. The van der Waals surface area contributed by atoms with Crippen LogP contribution in [-0.2, 0) is 15.9 Å². The van der Waals surface area contributed by atoms with Crippen molar-refractivity contribution in [3.63, 3.8) is 0 Å². The Kier molecular flexibility index (Phi) is 5.88. The van der Waals surface area contributed by atoms with Crippen molar-refractivity contribution in [1.82, 2.24) is 5.32 Å². The third-order valence-electron chi connectivity index (χ3n) is 4.02. The lowest BCUT2D eigenvalue weighted by atomic mass is 9.94. The molecule has 0 radical (unpaired) electrons. The molecule has 0 aliphatic carbocycles. The molecule has 0 aromatic heterocycles. The smallest absolute Gasteiger partial charge is 0.407 e. The predicted octanol–water partition coefficient (Wildman–Crippen LogP) is 3.18. The Morgan fingerprint density at radius 1 is 1.42 bits per heavy atom. The molecule has 5 heteroatoms. The Bertz CT molecular complexity index is 562. The second-order valence-electron chi connectivity index (χ2n) is 7.84. The number of benzene rings is 1. The lowest BCUT2D eigenvalue weighted by Gasteiger charge is -2.23. The van der Waals surface area contributed by atoms with Gasteiger partial charge in [0.05, 0.1) is 12.6 Å². The monoisotopic (exact) mass is 334 g/mol. The van der Waals surface area contributed by atoms with E-state index >= 15 is 0 Å². The number of carbonyl (C=O) groups excluding carboxylic acids is 1. The molecule has 1 amide bonds. The number of hydrogen-bond acceptors (Lipinski definition) is 4. The van der Waals surface area contributed by atoms with Gasteiger partial charge in [0.1, 0.15) is 11.7 Å². The van der Waals surface area contributed by atoms with Crippen LogP contribution < -0.4 is 11.1 Å². The van der Waals surface area contributed by atoms with E-state index in [0.717, 1.165) is 11.1 Å². The van der Waals surface area contributed by atoms with Crippen LogP contribution in [0.3, 0.4) is 0 Å². The average molecular weight is 334 g/mol. The standard InChI is InChI=1S/C19H30N2O3/c1-12(2)17(20)14-8-6-7-13(9-14)10-15(16-11-23-16)21-18(22)24-19(3,4)5/h6-9,12,15-17H,10-11,20H2,1-5H3,(H,21,22)/t15-,16-,17?/m1/s1. The van der Waals surface area contributed by atoms with Gasteiger partial charge in [0, 0.05) is 6.04 Å². The molecule has 1 fully saturated rings. The summed E-state index contributed by atoms with van der Waals surface area (Å²) < 4.78 is 10.7. The van der Waals surface area contributed by atoms with Crippen LogP contribution >= 0.6 is 0 Å². The van der Waals surface area contributed by atoms with Crippen LogP contribution in [0, 0.1) is 5.92 Å². The fourth-order valence-electron chi connectivity index (χ4n) is 2.59. The summed E-state index contributed by atoms with van der Waals surface area (Å²) in [5.74, 6) is 0.378. The summed E-state index contributed by atoms with van der Waals surface area (Å²) in [7, 11) is 0. The molecule has 2 rings (SSSR count). The van der Waals surface area contributed by atoms with E-state index in [1.165, 1.54) is 0 Å². The van der Waals surface area contributed by atoms with Gasteiger partial charge in [-0.1, -0.05) is 38.1 Å². The molecule has 5 nitrogen and oxygen atoms in total. The van der Waals surface area contributed by atoms with Crippen LogP contribution in [0.25, 0.3) is 0 Å². The molecule has 1 aliphatic rings. The lowest BCUT2D eigenvalue weighted by Crippen LogP contribution is -2.43. The number of alkyl carbamates (subject to hydrolysis) is 1. The van der Waals surface area contributed by atoms with Gasteiger partial charge in [-0.3, -0.25) is 0 Å². The van der Waals surface area contributed by atoms with E-state index in [9.17, 15) is 4.79 Å². The maximum Gasteiger partial charge on any atom is 0.407 e. The van der Waals surface area contributed by atoms with Crippen molar-refractivity contribution in [3.05, 3.63) is 35.4 Å². The van der Waals surface area contributed by atoms with Gasteiger partial charge in [-0.05, 0) is 44.2 Å². The first-order chi connectivity index (χ1) is 11.2. The van der Waals surface area contributed by atoms with Crippen LogP contribution in [0.1, 0.15) is 51.8 Å². The molecule has 3 atom stereocenters. The Balaban J connectivity index is 2.03. The molecule has 1 aromatic carbocycles. The molecule has 0 saturated carbocycles. The van der Waals surface area contributed by atoms with Gasteiger partial charge >= 0.3 is 6.09 Å². The van der Waals surface area contributed by atoms with Crippen LogP contribution in [0.2, 0.25) is 0 Å². The lowest BCUT2D eigenvalue weighted by molar-refractivity contribution is 0.0495. The summed E-state index contributed by atoms with van der Waals surface area (Å²) in [5.41, 5.74) is 7.99. The second kappa shape index (κ2) is 7.53. The zero-order valence-electron chi connectivity index (χ0n) is 15.3. The Hall–Kier alpha value is -1.59. The first-order valence-corrected chi connectivity index (χ1v) is 8.61. The van der Waals surface area contributed by atoms with Crippen LogP contribution in [-0.4, -0.2) is 30.4 Å². The quantitative estimate of drug-likeness (QED) is 0.783. The maximum absolute atomic E-state index is 12.0. The number of epoxide rings is 1. The van der Waals surface area contributed by atoms with Gasteiger partial charge in [0.25, 0.3) is 0 Å².